The number of carbonyl (C=O) groups excluding carboxylic acids is 1. The van der Waals surface area contributed by atoms with Gasteiger partial charge in [0.25, 0.3) is 0 Å². The van der Waals surface area contributed by atoms with Crippen molar-refractivity contribution in [2.45, 2.75) is 64.2 Å². The molecule has 35 heavy (non-hydrogen) atoms. The Kier molecular flexibility index (Phi) is 5.85. The molecule has 0 aromatic carbocycles. The lowest BCUT2D eigenvalue weighted by Gasteiger charge is -2.30. The molecule has 3 aromatic heterocycles. The SMILES string of the molecule is CC1(C)Cc2nc(Nc3cc4c(C(C)(C)NCCO)ncc(OC5CC5)c4cn3)ccc2C(=O)O1. The maximum atomic E-state index is 12.3. The molecule has 1 saturated carbocycles. The van der Waals surface area contributed by atoms with E-state index >= 15 is 0 Å². The van der Waals surface area contributed by atoms with Crippen LogP contribution in [-0.2, 0) is 16.7 Å². The number of nitrogens with zero attached hydrogens (tertiary/aromatic N) is 3. The van der Waals surface area contributed by atoms with Gasteiger partial charge in [0.2, 0.25) is 0 Å². The highest BCUT2D eigenvalue weighted by atomic mass is 16.6. The fraction of sp³-hybridized carbons (Fsp3) is 0.462. The number of cyclic esters (lactones) is 1. The molecule has 0 bridgehead atoms. The molecule has 4 heterocycles. The predicted molar refractivity (Wildman–Crippen MR) is 132 cm³/mol. The molecule has 0 spiro atoms. The Morgan fingerprint density at radius 3 is 2.71 bits per heavy atom. The van der Waals surface area contributed by atoms with Crippen LogP contribution in [0.15, 0.2) is 30.6 Å². The summed E-state index contributed by atoms with van der Waals surface area (Å²) in [5, 5.41) is 17.7. The van der Waals surface area contributed by atoms with Crippen LogP contribution >= 0.6 is 0 Å². The van der Waals surface area contributed by atoms with E-state index in [0.29, 0.717) is 35.9 Å². The van der Waals surface area contributed by atoms with Crippen LogP contribution in [0.2, 0.25) is 0 Å². The summed E-state index contributed by atoms with van der Waals surface area (Å²) in [4.78, 5) is 26.4. The van der Waals surface area contributed by atoms with Gasteiger partial charge in [0.15, 0.2) is 0 Å². The number of esters is 1. The van der Waals surface area contributed by atoms with Crippen LogP contribution in [0.25, 0.3) is 10.8 Å². The van der Waals surface area contributed by atoms with Crippen molar-refractivity contribution in [1.82, 2.24) is 20.3 Å². The van der Waals surface area contributed by atoms with Gasteiger partial charge in [-0.25, -0.2) is 14.8 Å². The van der Waals surface area contributed by atoms with Gasteiger partial charge in [0.1, 0.15) is 23.0 Å². The van der Waals surface area contributed by atoms with Crippen LogP contribution in [0.5, 0.6) is 5.75 Å². The van der Waals surface area contributed by atoms with Crippen LogP contribution in [0, 0.1) is 0 Å². The molecular weight excluding hydrogens is 446 g/mol. The zero-order valence-corrected chi connectivity index (χ0v) is 20.5. The minimum Gasteiger partial charge on any atom is -0.488 e. The Labute approximate surface area is 204 Å². The van der Waals surface area contributed by atoms with Gasteiger partial charge < -0.3 is 25.2 Å². The van der Waals surface area contributed by atoms with Crippen molar-refractivity contribution in [2.75, 3.05) is 18.5 Å². The molecule has 3 aromatic rings. The molecule has 184 valence electrons. The van der Waals surface area contributed by atoms with Crippen LogP contribution in [0.1, 0.15) is 62.3 Å². The molecule has 0 radical (unpaired) electrons. The van der Waals surface area contributed by atoms with Gasteiger partial charge in [-0.05, 0) is 58.7 Å². The summed E-state index contributed by atoms with van der Waals surface area (Å²) >= 11 is 0. The summed E-state index contributed by atoms with van der Waals surface area (Å²) < 4.78 is 11.6. The second kappa shape index (κ2) is 8.73. The third-order valence-corrected chi connectivity index (χ3v) is 6.24. The van der Waals surface area contributed by atoms with Crippen molar-refractivity contribution in [3.05, 3.63) is 47.5 Å². The normalized spacial score (nSPS) is 17.1. The number of carbonyl (C=O) groups is 1. The molecule has 1 aliphatic heterocycles. The maximum Gasteiger partial charge on any atom is 0.340 e. The Balaban J connectivity index is 1.51. The van der Waals surface area contributed by atoms with Crippen LogP contribution in [-0.4, -0.2) is 50.9 Å². The first kappa shape index (κ1) is 23.4. The molecule has 9 heteroatoms. The van der Waals surface area contributed by atoms with E-state index in [1.54, 1.807) is 24.5 Å². The van der Waals surface area contributed by atoms with Crippen molar-refractivity contribution >= 4 is 28.4 Å². The number of nitrogens with one attached hydrogen (secondary N) is 2. The van der Waals surface area contributed by atoms with Gasteiger partial charge in [0, 0.05) is 29.9 Å². The molecule has 2 aliphatic rings. The Morgan fingerprint density at radius 1 is 1.17 bits per heavy atom. The lowest BCUT2D eigenvalue weighted by Crippen LogP contribution is -2.39. The number of fused-ring (bicyclic) bond motifs is 2. The first-order valence-corrected chi connectivity index (χ1v) is 12.0. The van der Waals surface area contributed by atoms with Crippen LogP contribution in [0.4, 0.5) is 11.6 Å². The molecule has 1 aliphatic carbocycles. The van der Waals surface area contributed by atoms with Crippen molar-refractivity contribution in [3.63, 3.8) is 0 Å². The third-order valence-electron chi connectivity index (χ3n) is 6.24. The smallest absolute Gasteiger partial charge is 0.340 e. The van der Waals surface area contributed by atoms with E-state index in [9.17, 15) is 9.90 Å². The number of pyridine rings is 3. The van der Waals surface area contributed by atoms with Gasteiger partial charge >= 0.3 is 5.97 Å². The molecule has 0 saturated heterocycles. The minimum absolute atomic E-state index is 0.0347. The van der Waals surface area contributed by atoms with E-state index in [0.717, 1.165) is 35.1 Å². The predicted octanol–water partition coefficient (Wildman–Crippen LogP) is 3.62. The van der Waals surface area contributed by atoms with Crippen molar-refractivity contribution < 1.29 is 19.4 Å². The molecule has 0 unspecified atom stereocenters. The number of aliphatic hydroxyl groups excluding tert-OH is 1. The zero-order chi connectivity index (χ0) is 24.8. The number of aromatic nitrogens is 3. The number of ether oxygens (including phenoxy) is 2. The highest BCUT2D eigenvalue weighted by Gasteiger charge is 2.33. The van der Waals surface area contributed by atoms with E-state index in [-0.39, 0.29) is 18.7 Å². The second-order valence-corrected chi connectivity index (χ2v) is 10.3. The van der Waals surface area contributed by atoms with Gasteiger partial charge in [-0.15, -0.1) is 0 Å². The summed E-state index contributed by atoms with van der Waals surface area (Å²) in [6, 6.07) is 5.43. The summed E-state index contributed by atoms with van der Waals surface area (Å²) in [7, 11) is 0. The average molecular weight is 478 g/mol. The van der Waals surface area contributed by atoms with Crippen molar-refractivity contribution in [3.8, 4) is 5.75 Å². The average Bonchev–Trinajstić information content (AvgIpc) is 3.60. The van der Waals surface area contributed by atoms with Crippen LogP contribution < -0.4 is 15.4 Å². The summed E-state index contributed by atoms with van der Waals surface area (Å²) in [6.45, 7) is 8.31. The first-order chi connectivity index (χ1) is 16.6. The quantitative estimate of drug-likeness (QED) is 0.418. The monoisotopic (exact) mass is 477 g/mol. The van der Waals surface area contributed by atoms with E-state index in [2.05, 4.69) is 20.6 Å². The molecular formula is C26H31N5O4. The van der Waals surface area contributed by atoms with Crippen molar-refractivity contribution in [2.24, 2.45) is 0 Å². The Hall–Kier alpha value is -3.30. The van der Waals surface area contributed by atoms with E-state index in [1.807, 2.05) is 33.8 Å². The lowest BCUT2D eigenvalue weighted by molar-refractivity contribution is -0.00714. The third kappa shape index (κ3) is 4.92. The van der Waals surface area contributed by atoms with E-state index in [4.69, 9.17) is 14.5 Å². The molecule has 9 nitrogen and oxygen atoms in total. The molecule has 3 N–H and O–H groups in total. The maximum absolute atomic E-state index is 12.3. The van der Waals surface area contributed by atoms with Gasteiger partial charge in [-0.2, -0.15) is 0 Å². The van der Waals surface area contributed by atoms with Crippen molar-refractivity contribution in [1.29, 1.82) is 0 Å². The summed E-state index contributed by atoms with van der Waals surface area (Å²) in [5.74, 6) is 1.57. The standard InChI is InChI=1S/C26H31N5O4/c1-25(2)12-19-16(24(33)35-25)7-8-21(30-19)31-22-11-17-18(13-27-22)20(34-15-5-6-15)14-28-23(17)26(3,4)29-9-10-32/h7-8,11,13-15,29,32H,5-6,9-10,12H2,1-4H3,(H,27,30,31). The largest absolute Gasteiger partial charge is 0.488 e. The molecule has 0 atom stereocenters. The lowest BCUT2D eigenvalue weighted by atomic mass is 9.95. The Morgan fingerprint density at radius 2 is 1.97 bits per heavy atom. The second-order valence-electron chi connectivity index (χ2n) is 10.3. The summed E-state index contributed by atoms with van der Waals surface area (Å²) in [5.41, 5.74) is 0.939. The number of rotatable bonds is 8. The fourth-order valence-electron chi connectivity index (χ4n) is 4.36. The molecule has 5 rings (SSSR count). The summed E-state index contributed by atoms with van der Waals surface area (Å²) in [6.07, 6.45) is 6.43. The van der Waals surface area contributed by atoms with Gasteiger partial charge in [0.05, 0.1) is 41.4 Å². The first-order valence-electron chi connectivity index (χ1n) is 12.0. The zero-order valence-electron chi connectivity index (χ0n) is 20.5. The Bertz CT molecular complexity index is 1290. The van der Waals surface area contributed by atoms with Gasteiger partial charge in [-0.3, -0.25) is 4.98 Å². The van der Waals surface area contributed by atoms with Gasteiger partial charge in [-0.1, -0.05) is 0 Å². The highest BCUT2D eigenvalue weighted by Crippen LogP contribution is 2.36. The topological polar surface area (TPSA) is 118 Å². The van der Waals surface area contributed by atoms with E-state index in [1.165, 1.54) is 0 Å². The molecule has 0 amide bonds. The number of hydrogen-bond acceptors (Lipinski definition) is 9. The number of aliphatic hydroxyl groups is 1. The molecule has 1 fully saturated rings. The highest BCUT2D eigenvalue weighted by molar-refractivity contribution is 5.93. The number of hydrogen-bond donors (Lipinski definition) is 3. The van der Waals surface area contributed by atoms with E-state index < -0.39 is 11.1 Å². The minimum atomic E-state index is -0.595. The van der Waals surface area contributed by atoms with Crippen LogP contribution in [0.3, 0.4) is 0 Å². The number of anilines is 2. The fourth-order valence-corrected chi connectivity index (χ4v) is 4.36.